The van der Waals surface area contributed by atoms with E-state index in [1.54, 1.807) is 13.8 Å². The molecule has 3 aliphatic rings. The Hall–Kier alpha value is -0.660. The monoisotopic (exact) mass is 300 g/mol. The van der Waals surface area contributed by atoms with Crippen molar-refractivity contribution in [3.8, 4) is 0 Å². The molecule has 3 heterocycles. The van der Waals surface area contributed by atoms with Gasteiger partial charge in [-0.3, -0.25) is 0 Å². The lowest BCUT2D eigenvalue weighted by atomic mass is 10.0. The third kappa shape index (κ3) is 2.59. The van der Waals surface area contributed by atoms with Crippen LogP contribution in [0, 0.1) is 0 Å². The second-order valence-electron chi connectivity index (χ2n) is 6.96. The summed E-state index contributed by atoms with van der Waals surface area (Å²) in [6.07, 6.45) is -2.93. The van der Waals surface area contributed by atoms with Gasteiger partial charge in [-0.15, -0.1) is 0 Å². The van der Waals surface area contributed by atoms with Crippen molar-refractivity contribution >= 4 is 0 Å². The molecule has 120 valence electrons. The zero-order valence-corrected chi connectivity index (χ0v) is 13.4. The van der Waals surface area contributed by atoms with Crippen LogP contribution in [0.15, 0.2) is 11.3 Å². The lowest BCUT2D eigenvalue weighted by Crippen LogP contribution is -2.42. The highest BCUT2D eigenvalue weighted by atomic mass is 16.8. The van der Waals surface area contributed by atoms with Gasteiger partial charge in [-0.2, -0.15) is 0 Å². The van der Waals surface area contributed by atoms with Crippen LogP contribution < -0.4 is 0 Å². The molecule has 0 radical (unpaired) electrons. The van der Waals surface area contributed by atoms with Crippen molar-refractivity contribution in [3.63, 3.8) is 0 Å². The van der Waals surface area contributed by atoms with Crippen LogP contribution in [0.2, 0.25) is 0 Å². The summed E-state index contributed by atoms with van der Waals surface area (Å²) in [5.74, 6) is -0.769. The van der Waals surface area contributed by atoms with Gasteiger partial charge in [-0.1, -0.05) is 0 Å². The molecular formula is C15H24O6. The normalized spacial score (nSPS) is 43.8. The van der Waals surface area contributed by atoms with Crippen molar-refractivity contribution in [1.82, 2.24) is 0 Å². The SMILES string of the molecule is CC(C)=C1OC(C)(C)O[C@H]1[C@H]1OC2OC(C)(C)O[C@@H]2[C@H]1O. The summed E-state index contributed by atoms with van der Waals surface area (Å²) in [4.78, 5) is 0. The summed E-state index contributed by atoms with van der Waals surface area (Å²) in [6.45, 7) is 11.2. The molecule has 0 saturated carbocycles. The lowest BCUT2D eigenvalue weighted by molar-refractivity contribution is -0.232. The zero-order chi connectivity index (χ0) is 15.6. The van der Waals surface area contributed by atoms with Crippen molar-refractivity contribution in [2.24, 2.45) is 0 Å². The number of aliphatic hydroxyl groups is 1. The molecule has 6 nitrogen and oxygen atoms in total. The fraction of sp³-hybridized carbons (Fsp3) is 0.867. The van der Waals surface area contributed by atoms with Gasteiger partial charge < -0.3 is 28.8 Å². The summed E-state index contributed by atoms with van der Waals surface area (Å²) < 4.78 is 29.0. The molecule has 3 saturated heterocycles. The molecule has 0 spiro atoms. The van der Waals surface area contributed by atoms with Crippen LogP contribution in [-0.2, 0) is 23.7 Å². The Bertz CT molecular complexity index is 465. The highest BCUT2D eigenvalue weighted by molar-refractivity contribution is 5.17. The standard InChI is InChI=1S/C15H24O6/c1-7(2)9-12(20-14(3,4)18-9)10-8(16)11-13(17-10)21-15(5,6)19-11/h8,10-13,16H,1-6H3/t8-,10-,11+,12+,13?/m0/s1. The van der Waals surface area contributed by atoms with Gasteiger partial charge in [-0.05, 0) is 33.3 Å². The maximum atomic E-state index is 10.5. The summed E-state index contributed by atoms with van der Waals surface area (Å²) in [7, 11) is 0. The molecule has 21 heavy (non-hydrogen) atoms. The minimum atomic E-state index is -0.825. The zero-order valence-electron chi connectivity index (χ0n) is 13.4. The number of rotatable bonds is 1. The van der Waals surface area contributed by atoms with E-state index >= 15 is 0 Å². The van der Waals surface area contributed by atoms with Crippen molar-refractivity contribution in [3.05, 3.63) is 11.3 Å². The average molecular weight is 300 g/mol. The van der Waals surface area contributed by atoms with Crippen LogP contribution in [0.25, 0.3) is 0 Å². The van der Waals surface area contributed by atoms with Crippen LogP contribution in [0.4, 0.5) is 0 Å². The molecule has 0 aliphatic carbocycles. The maximum Gasteiger partial charge on any atom is 0.205 e. The van der Waals surface area contributed by atoms with Crippen molar-refractivity contribution in [1.29, 1.82) is 0 Å². The smallest absolute Gasteiger partial charge is 0.205 e. The highest BCUT2D eigenvalue weighted by Crippen LogP contribution is 2.43. The van der Waals surface area contributed by atoms with E-state index in [1.165, 1.54) is 0 Å². The molecular weight excluding hydrogens is 276 g/mol. The Balaban J connectivity index is 1.82. The summed E-state index contributed by atoms with van der Waals surface area (Å²) in [6, 6.07) is 0. The summed E-state index contributed by atoms with van der Waals surface area (Å²) in [5.41, 5.74) is 1.00. The molecule has 0 amide bonds. The Kier molecular flexibility index (Phi) is 3.39. The van der Waals surface area contributed by atoms with E-state index in [-0.39, 0.29) is 0 Å². The number of aliphatic hydroxyl groups excluding tert-OH is 1. The van der Waals surface area contributed by atoms with Crippen LogP contribution in [0.5, 0.6) is 0 Å². The Labute approximate surface area is 125 Å². The summed E-state index contributed by atoms with van der Waals surface area (Å²) >= 11 is 0. The maximum absolute atomic E-state index is 10.5. The van der Waals surface area contributed by atoms with Gasteiger partial charge in [0, 0.05) is 13.8 Å². The van der Waals surface area contributed by atoms with E-state index in [0.29, 0.717) is 5.76 Å². The second-order valence-corrected chi connectivity index (χ2v) is 6.96. The van der Waals surface area contributed by atoms with Crippen LogP contribution in [0.3, 0.4) is 0 Å². The molecule has 3 aliphatic heterocycles. The number of fused-ring (bicyclic) bond motifs is 1. The first-order valence-electron chi connectivity index (χ1n) is 7.33. The highest BCUT2D eigenvalue weighted by Gasteiger charge is 2.59. The molecule has 0 aromatic heterocycles. The minimum absolute atomic E-state index is 0.457. The van der Waals surface area contributed by atoms with Crippen LogP contribution in [-0.4, -0.2) is 47.4 Å². The Morgan fingerprint density at radius 2 is 1.62 bits per heavy atom. The quantitative estimate of drug-likeness (QED) is 0.794. The minimum Gasteiger partial charge on any atom is -0.464 e. The fourth-order valence-corrected chi connectivity index (χ4v) is 3.08. The molecule has 0 bridgehead atoms. The van der Waals surface area contributed by atoms with Gasteiger partial charge >= 0.3 is 0 Å². The number of hydrogen-bond acceptors (Lipinski definition) is 6. The third-order valence-electron chi connectivity index (χ3n) is 3.87. The van der Waals surface area contributed by atoms with E-state index in [0.717, 1.165) is 5.57 Å². The van der Waals surface area contributed by atoms with Crippen LogP contribution >= 0.6 is 0 Å². The fourth-order valence-electron chi connectivity index (χ4n) is 3.08. The number of allylic oxidation sites excluding steroid dienone is 1. The van der Waals surface area contributed by atoms with Gasteiger partial charge in [-0.25, -0.2) is 0 Å². The second kappa shape index (κ2) is 4.67. The third-order valence-corrected chi connectivity index (χ3v) is 3.87. The van der Waals surface area contributed by atoms with E-state index in [9.17, 15) is 5.11 Å². The largest absolute Gasteiger partial charge is 0.464 e. The van der Waals surface area contributed by atoms with Gasteiger partial charge in [0.25, 0.3) is 0 Å². The molecule has 1 unspecified atom stereocenters. The van der Waals surface area contributed by atoms with Gasteiger partial charge in [0.1, 0.15) is 30.2 Å². The first-order chi connectivity index (χ1) is 9.60. The molecule has 3 fully saturated rings. The molecule has 0 aromatic rings. The molecule has 6 heteroatoms. The Morgan fingerprint density at radius 3 is 2.19 bits per heavy atom. The predicted molar refractivity (Wildman–Crippen MR) is 73.1 cm³/mol. The first kappa shape index (κ1) is 15.2. The first-order valence-corrected chi connectivity index (χ1v) is 7.33. The summed E-state index contributed by atoms with van der Waals surface area (Å²) in [5, 5.41) is 10.5. The van der Waals surface area contributed by atoms with E-state index < -0.39 is 42.3 Å². The molecule has 5 atom stereocenters. The Morgan fingerprint density at radius 1 is 0.952 bits per heavy atom. The van der Waals surface area contributed by atoms with E-state index in [4.69, 9.17) is 23.7 Å². The van der Waals surface area contributed by atoms with E-state index in [1.807, 2.05) is 27.7 Å². The number of ether oxygens (including phenoxy) is 5. The predicted octanol–water partition coefficient (Wildman–Crippen LogP) is 1.67. The van der Waals surface area contributed by atoms with Crippen LogP contribution in [0.1, 0.15) is 41.5 Å². The topological polar surface area (TPSA) is 66.4 Å². The van der Waals surface area contributed by atoms with Crippen molar-refractivity contribution in [2.45, 2.75) is 83.8 Å². The average Bonchev–Trinajstić information content (AvgIpc) is 2.89. The van der Waals surface area contributed by atoms with Crippen molar-refractivity contribution < 1.29 is 28.8 Å². The molecule has 3 rings (SSSR count). The van der Waals surface area contributed by atoms with Gasteiger partial charge in [0.15, 0.2) is 12.1 Å². The van der Waals surface area contributed by atoms with Gasteiger partial charge in [0.2, 0.25) is 5.79 Å². The van der Waals surface area contributed by atoms with E-state index in [2.05, 4.69) is 0 Å². The lowest BCUT2D eigenvalue weighted by Gasteiger charge is -2.26. The molecule has 1 N–H and O–H groups in total. The van der Waals surface area contributed by atoms with Gasteiger partial charge in [0.05, 0.1) is 0 Å². The molecule has 0 aromatic carbocycles. The number of hydrogen-bond donors (Lipinski definition) is 1. The van der Waals surface area contributed by atoms with Crippen molar-refractivity contribution in [2.75, 3.05) is 0 Å².